The van der Waals surface area contributed by atoms with Gasteiger partial charge in [-0.25, -0.2) is 8.42 Å². The molecular formula is C25H32ClN3O6S. The molecule has 196 valence electrons. The Kier molecular flexibility index (Phi) is 8.41. The monoisotopic (exact) mass is 537 g/mol. The fourth-order valence-electron chi connectivity index (χ4n) is 4.39. The molecule has 0 aliphatic carbocycles. The molecule has 0 aromatic heterocycles. The molecule has 1 amide bonds. The number of hydrogen-bond acceptors (Lipinski definition) is 7. The molecule has 1 unspecified atom stereocenters. The molecular weight excluding hydrogens is 506 g/mol. The van der Waals surface area contributed by atoms with Crippen molar-refractivity contribution in [1.82, 2.24) is 14.1 Å². The summed E-state index contributed by atoms with van der Waals surface area (Å²) in [6.45, 7) is 3.09. The van der Waals surface area contributed by atoms with Crippen molar-refractivity contribution in [3.8, 4) is 11.5 Å². The smallest absolute Gasteiger partial charge is 0.243 e. The zero-order valence-corrected chi connectivity index (χ0v) is 22.1. The maximum absolute atomic E-state index is 13.5. The molecule has 4 rings (SSSR count). The zero-order valence-electron chi connectivity index (χ0n) is 20.6. The molecule has 2 heterocycles. The van der Waals surface area contributed by atoms with E-state index < -0.39 is 15.6 Å². The highest BCUT2D eigenvalue weighted by atomic mass is 35.5. The number of ether oxygens (including phenoxy) is 3. The number of hydrogen-bond donors (Lipinski definition) is 0. The van der Waals surface area contributed by atoms with Crippen LogP contribution in [0, 0.1) is 0 Å². The quantitative estimate of drug-likeness (QED) is 0.510. The second-order valence-electron chi connectivity index (χ2n) is 9.16. The number of halogens is 1. The molecule has 2 aromatic rings. The minimum absolute atomic E-state index is 0.00140. The van der Waals surface area contributed by atoms with E-state index in [0.717, 1.165) is 13.1 Å². The number of piperazine rings is 1. The molecule has 0 N–H and O–H groups in total. The number of likely N-dealkylation sites (N-methyl/N-ethyl adjacent to an activating group) is 1. The van der Waals surface area contributed by atoms with Crippen LogP contribution in [-0.2, 0) is 19.6 Å². The zero-order chi connectivity index (χ0) is 25.8. The number of amides is 1. The summed E-state index contributed by atoms with van der Waals surface area (Å²) in [7, 11) is -0.348. The van der Waals surface area contributed by atoms with E-state index in [9.17, 15) is 13.2 Å². The molecule has 0 radical (unpaired) electrons. The predicted molar refractivity (Wildman–Crippen MR) is 136 cm³/mol. The summed E-state index contributed by atoms with van der Waals surface area (Å²) < 4.78 is 45.8. The highest BCUT2D eigenvalue weighted by Crippen LogP contribution is 2.30. The van der Waals surface area contributed by atoms with Gasteiger partial charge in [-0.1, -0.05) is 23.7 Å². The molecule has 2 fully saturated rings. The van der Waals surface area contributed by atoms with Gasteiger partial charge in [0.25, 0.3) is 0 Å². The molecule has 2 aliphatic heterocycles. The molecule has 11 heteroatoms. The summed E-state index contributed by atoms with van der Waals surface area (Å²) in [6.07, 6.45) is 0.00140. The van der Waals surface area contributed by atoms with Crippen molar-refractivity contribution in [2.24, 2.45) is 0 Å². The van der Waals surface area contributed by atoms with Gasteiger partial charge in [-0.2, -0.15) is 4.31 Å². The highest BCUT2D eigenvalue weighted by molar-refractivity contribution is 7.89. The SMILES string of the molecule is COc1cccc(S(=O)(=O)N2CCOC(COc3cccc(Cl)c3)(CC(=O)N3CCN(C)CC3)C2)c1. The Morgan fingerprint density at radius 3 is 2.50 bits per heavy atom. The third kappa shape index (κ3) is 6.30. The van der Waals surface area contributed by atoms with Crippen molar-refractivity contribution in [3.05, 3.63) is 53.6 Å². The summed E-state index contributed by atoms with van der Waals surface area (Å²) in [5.41, 5.74) is -1.16. The lowest BCUT2D eigenvalue weighted by molar-refractivity contribution is -0.151. The second kappa shape index (κ2) is 11.4. The first-order valence-corrected chi connectivity index (χ1v) is 13.7. The van der Waals surface area contributed by atoms with Crippen molar-refractivity contribution < 1.29 is 27.4 Å². The molecule has 2 aromatic carbocycles. The Labute approximate surface area is 217 Å². The van der Waals surface area contributed by atoms with Crippen LogP contribution in [0.4, 0.5) is 0 Å². The maximum Gasteiger partial charge on any atom is 0.243 e. The van der Waals surface area contributed by atoms with Gasteiger partial charge in [-0.15, -0.1) is 0 Å². The molecule has 0 bridgehead atoms. The first-order valence-electron chi connectivity index (χ1n) is 11.8. The van der Waals surface area contributed by atoms with E-state index in [0.29, 0.717) is 29.6 Å². The van der Waals surface area contributed by atoms with E-state index >= 15 is 0 Å². The number of nitrogens with zero attached hydrogens (tertiary/aromatic N) is 3. The standard InChI is InChI=1S/C25H32ClN3O6S/c1-27-9-11-28(12-10-27)24(30)17-25(19-34-22-7-3-5-20(26)15-22)18-29(13-14-35-25)36(31,32)23-8-4-6-21(16-23)33-2/h3-8,15-16H,9-14,17-19H2,1-2H3. The lowest BCUT2D eigenvalue weighted by Gasteiger charge is -2.43. The maximum atomic E-state index is 13.5. The number of rotatable bonds is 8. The van der Waals surface area contributed by atoms with Crippen molar-refractivity contribution in [3.63, 3.8) is 0 Å². The van der Waals surface area contributed by atoms with E-state index in [1.807, 2.05) is 7.05 Å². The van der Waals surface area contributed by atoms with E-state index in [1.165, 1.54) is 23.5 Å². The van der Waals surface area contributed by atoms with Crippen LogP contribution in [0.25, 0.3) is 0 Å². The van der Waals surface area contributed by atoms with E-state index in [-0.39, 0.29) is 43.5 Å². The Morgan fingerprint density at radius 2 is 1.78 bits per heavy atom. The van der Waals surface area contributed by atoms with Gasteiger partial charge < -0.3 is 24.0 Å². The first-order chi connectivity index (χ1) is 17.2. The van der Waals surface area contributed by atoms with Crippen LogP contribution in [0.3, 0.4) is 0 Å². The van der Waals surface area contributed by atoms with Crippen molar-refractivity contribution in [2.75, 3.05) is 66.6 Å². The topological polar surface area (TPSA) is 88.6 Å². The Balaban J connectivity index is 1.58. The fraction of sp³-hybridized carbons (Fsp3) is 0.480. The van der Waals surface area contributed by atoms with Crippen LogP contribution in [0.2, 0.25) is 5.02 Å². The van der Waals surface area contributed by atoms with Gasteiger partial charge in [0.2, 0.25) is 15.9 Å². The minimum atomic E-state index is -3.86. The number of methoxy groups -OCH3 is 1. The van der Waals surface area contributed by atoms with E-state index in [1.54, 1.807) is 41.3 Å². The lowest BCUT2D eigenvalue weighted by atomic mass is 9.97. The number of morpholine rings is 1. The van der Waals surface area contributed by atoms with Crippen LogP contribution in [-0.4, -0.2) is 101 Å². The normalized spacial score (nSPS) is 21.8. The number of carbonyl (C=O) groups is 1. The molecule has 0 spiro atoms. The Morgan fingerprint density at radius 1 is 1.06 bits per heavy atom. The lowest BCUT2D eigenvalue weighted by Crippen LogP contribution is -2.59. The Hall–Kier alpha value is -2.37. The minimum Gasteiger partial charge on any atom is -0.497 e. The predicted octanol–water partition coefficient (Wildman–Crippen LogP) is 2.35. The number of sulfonamides is 1. The van der Waals surface area contributed by atoms with Gasteiger partial charge in [0.05, 0.1) is 25.0 Å². The van der Waals surface area contributed by atoms with Crippen LogP contribution >= 0.6 is 11.6 Å². The van der Waals surface area contributed by atoms with Gasteiger partial charge in [0.15, 0.2) is 0 Å². The summed E-state index contributed by atoms with van der Waals surface area (Å²) in [5, 5.41) is 0.516. The third-order valence-corrected chi connectivity index (χ3v) is 8.60. The van der Waals surface area contributed by atoms with Gasteiger partial charge in [0.1, 0.15) is 23.7 Å². The van der Waals surface area contributed by atoms with E-state index in [4.69, 9.17) is 25.8 Å². The van der Waals surface area contributed by atoms with Crippen LogP contribution in [0.1, 0.15) is 6.42 Å². The number of benzene rings is 2. The summed E-state index contributed by atoms with van der Waals surface area (Å²) in [5.74, 6) is 0.883. The molecule has 2 saturated heterocycles. The van der Waals surface area contributed by atoms with Gasteiger partial charge in [-0.05, 0) is 37.4 Å². The second-order valence-corrected chi connectivity index (χ2v) is 11.5. The van der Waals surface area contributed by atoms with Crippen molar-refractivity contribution in [2.45, 2.75) is 16.9 Å². The Bertz CT molecular complexity index is 1170. The largest absolute Gasteiger partial charge is 0.497 e. The van der Waals surface area contributed by atoms with Gasteiger partial charge >= 0.3 is 0 Å². The van der Waals surface area contributed by atoms with E-state index in [2.05, 4.69) is 4.90 Å². The third-order valence-electron chi connectivity index (χ3n) is 6.52. The molecule has 9 nitrogen and oxygen atoms in total. The van der Waals surface area contributed by atoms with Gasteiger partial charge in [0, 0.05) is 50.4 Å². The summed E-state index contributed by atoms with van der Waals surface area (Å²) >= 11 is 6.10. The van der Waals surface area contributed by atoms with Gasteiger partial charge in [-0.3, -0.25) is 4.79 Å². The van der Waals surface area contributed by atoms with Crippen molar-refractivity contribution in [1.29, 1.82) is 0 Å². The summed E-state index contributed by atoms with van der Waals surface area (Å²) in [6, 6.07) is 13.3. The molecule has 2 aliphatic rings. The number of carbonyl (C=O) groups excluding carboxylic acids is 1. The van der Waals surface area contributed by atoms with Crippen LogP contribution in [0.5, 0.6) is 11.5 Å². The highest BCUT2D eigenvalue weighted by Gasteiger charge is 2.44. The fourth-order valence-corrected chi connectivity index (χ4v) is 6.10. The van der Waals surface area contributed by atoms with Crippen LogP contribution < -0.4 is 9.47 Å². The van der Waals surface area contributed by atoms with Crippen molar-refractivity contribution >= 4 is 27.5 Å². The molecule has 36 heavy (non-hydrogen) atoms. The summed E-state index contributed by atoms with van der Waals surface area (Å²) in [4.78, 5) is 17.4. The molecule has 0 saturated carbocycles. The average Bonchev–Trinajstić information content (AvgIpc) is 2.88. The first kappa shape index (κ1) is 26.7. The van der Waals surface area contributed by atoms with Crippen LogP contribution in [0.15, 0.2) is 53.4 Å². The average molecular weight is 538 g/mol. The molecule has 1 atom stereocenters.